The van der Waals surface area contributed by atoms with E-state index in [1.54, 1.807) is 0 Å². The number of rotatable bonds is 6. The van der Waals surface area contributed by atoms with E-state index in [2.05, 4.69) is 25.9 Å². The lowest BCUT2D eigenvalue weighted by molar-refractivity contribution is 0.0182. The van der Waals surface area contributed by atoms with E-state index in [0.717, 1.165) is 5.69 Å². The van der Waals surface area contributed by atoms with Gasteiger partial charge in [-0.15, -0.1) is 0 Å². The SMILES string of the molecule is CC(C)c1nc(CCOCC(F)F)nc(Cl)c1Br. The normalized spacial score (nSPS) is 11.6. The Kier molecular flexibility index (Phi) is 6.38. The lowest BCUT2D eigenvalue weighted by Crippen LogP contribution is -2.10. The maximum absolute atomic E-state index is 11.9. The summed E-state index contributed by atoms with van der Waals surface area (Å²) in [7, 11) is 0. The molecule has 1 aromatic rings. The number of hydrogen-bond donors (Lipinski definition) is 0. The predicted molar refractivity (Wildman–Crippen MR) is 69.4 cm³/mol. The van der Waals surface area contributed by atoms with Crippen LogP contribution >= 0.6 is 27.5 Å². The minimum atomic E-state index is -2.45. The van der Waals surface area contributed by atoms with E-state index in [-0.39, 0.29) is 12.5 Å². The van der Waals surface area contributed by atoms with Crippen LogP contribution < -0.4 is 0 Å². The molecule has 1 rings (SSSR count). The van der Waals surface area contributed by atoms with E-state index >= 15 is 0 Å². The van der Waals surface area contributed by atoms with E-state index in [0.29, 0.717) is 21.9 Å². The van der Waals surface area contributed by atoms with Crippen LogP contribution in [0.4, 0.5) is 8.78 Å². The Balaban J connectivity index is 2.66. The third-order valence-electron chi connectivity index (χ3n) is 2.14. The molecular weight excluding hydrogens is 329 g/mol. The molecule has 0 N–H and O–H groups in total. The summed E-state index contributed by atoms with van der Waals surface area (Å²) in [4.78, 5) is 8.41. The number of hydrogen-bond acceptors (Lipinski definition) is 3. The molecule has 18 heavy (non-hydrogen) atoms. The molecule has 0 aliphatic heterocycles. The molecule has 1 aromatic heterocycles. The van der Waals surface area contributed by atoms with Gasteiger partial charge in [-0.1, -0.05) is 25.4 Å². The van der Waals surface area contributed by atoms with Gasteiger partial charge in [-0.2, -0.15) is 0 Å². The monoisotopic (exact) mass is 342 g/mol. The van der Waals surface area contributed by atoms with Gasteiger partial charge in [0.2, 0.25) is 0 Å². The Morgan fingerprint density at radius 2 is 2.00 bits per heavy atom. The van der Waals surface area contributed by atoms with Crippen molar-refractivity contribution < 1.29 is 13.5 Å². The minimum absolute atomic E-state index is 0.153. The summed E-state index contributed by atoms with van der Waals surface area (Å²) in [5.74, 6) is 0.696. The molecule has 0 unspecified atom stereocenters. The highest BCUT2D eigenvalue weighted by Gasteiger charge is 2.13. The molecule has 102 valence electrons. The van der Waals surface area contributed by atoms with E-state index in [4.69, 9.17) is 16.3 Å². The van der Waals surface area contributed by atoms with Crippen LogP contribution in [0.15, 0.2) is 4.47 Å². The number of alkyl halides is 2. The largest absolute Gasteiger partial charge is 0.375 e. The second-order valence-electron chi connectivity index (χ2n) is 4.00. The molecule has 0 atom stereocenters. The van der Waals surface area contributed by atoms with Crippen LogP contribution in [-0.4, -0.2) is 29.6 Å². The van der Waals surface area contributed by atoms with Crippen molar-refractivity contribution in [3.8, 4) is 0 Å². The zero-order valence-electron chi connectivity index (χ0n) is 10.1. The highest BCUT2D eigenvalue weighted by atomic mass is 79.9. The Labute approximate surface area is 118 Å². The standard InChI is InChI=1S/C11H14BrClF2N2O/c1-6(2)10-9(12)11(13)17-8(16-10)3-4-18-5-7(14)15/h6-7H,3-5H2,1-2H3. The number of halogens is 4. The van der Waals surface area contributed by atoms with Crippen LogP contribution in [0.5, 0.6) is 0 Å². The third-order valence-corrected chi connectivity index (χ3v) is 3.43. The maximum Gasteiger partial charge on any atom is 0.261 e. The Morgan fingerprint density at radius 1 is 1.33 bits per heavy atom. The molecule has 0 fully saturated rings. The van der Waals surface area contributed by atoms with Crippen molar-refractivity contribution in [2.24, 2.45) is 0 Å². The summed E-state index contributed by atoms with van der Waals surface area (Å²) in [6, 6.07) is 0. The van der Waals surface area contributed by atoms with Gasteiger partial charge < -0.3 is 4.74 Å². The van der Waals surface area contributed by atoms with Gasteiger partial charge in [0.05, 0.1) is 16.8 Å². The summed E-state index contributed by atoms with van der Waals surface area (Å²) in [6.45, 7) is 3.56. The first kappa shape index (κ1) is 15.7. The molecule has 0 aromatic carbocycles. The molecule has 1 heterocycles. The Hall–Kier alpha value is -0.330. The average Bonchev–Trinajstić information content (AvgIpc) is 2.28. The summed E-state index contributed by atoms with van der Waals surface area (Å²) < 4.78 is 29.2. The quantitative estimate of drug-likeness (QED) is 0.581. The molecule has 0 radical (unpaired) electrons. The lowest BCUT2D eigenvalue weighted by Gasteiger charge is -2.10. The first-order chi connectivity index (χ1) is 8.41. The van der Waals surface area contributed by atoms with Gasteiger partial charge in [0.1, 0.15) is 17.6 Å². The maximum atomic E-state index is 11.9. The lowest BCUT2D eigenvalue weighted by atomic mass is 10.1. The zero-order valence-corrected chi connectivity index (χ0v) is 12.4. The second kappa shape index (κ2) is 7.31. The fourth-order valence-electron chi connectivity index (χ4n) is 1.31. The third kappa shape index (κ3) is 4.74. The van der Waals surface area contributed by atoms with Crippen molar-refractivity contribution in [2.75, 3.05) is 13.2 Å². The molecule has 0 aliphatic rings. The number of aromatic nitrogens is 2. The van der Waals surface area contributed by atoms with Crippen LogP contribution in [0.3, 0.4) is 0 Å². The summed E-state index contributed by atoms with van der Waals surface area (Å²) >= 11 is 9.30. The molecule has 0 aliphatic carbocycles. The summed E-state index contributed by atoms with van der Waals surface area (Å²) in [6.07, 6.45) is -2.09. The van der Waals surface area contributed by atoms with Crippen molar-refractivity contribution in [1.29, 1.82) is 0 Å². The van der Waals surface area contributed by atoms with Crippen LogP contribution in [0.1, 0.15) is 31.3 Å². The summed E-state index contributed by atoms with van der Waals surface area (Å²) in [5.41, 5.74) is 0.804. The van der Waals surface area contributed by atoms with Gasteiger partial charge in [0.15, 0.2) is 0 Å². The average molecular weight is 344 g/mol. The second-order valence-corrected chi connectivity index (χ2v) is 5.15. The fraction of sp³-hybridized carbons (Fsp3) is 0.636. The molecule has 7 heteroatoms. The molecule has 0 bridgehead atoms. The van der Waals surface area contributed by atoms with Crippen molar-refractivity contribution in [1.82, 2.24) is 9.97 Å². The van der Waals surface area contributed by atoms with Crippen molar-refractivity contribution in [3.63, 3.8) is 0 Å². The smallest absolute Gasteiger partial charge is 0.261 e. The van der Waals surface area contributed by atoms with Crippen molar-refractivity contribution >= 4 is 27.5 Å². The minimum Gasteiger partial charge on any atom is -0.375 e. The molecule has 0 spiro atoms. The molecule has 3 nitrogen and oxygen atoms in total. The van der Waals surface area contributed by atoms with Crippen LogP contribution in [0, 0.1) is 0 Å². The topological polar surface area (TPSA) is 35.0 Å². The highest BCUT2D eigenvalue weighted by molar-refractivity contribution is 9.10. The van der Waals surface area contributed by atoms with E-state index in [1.165, 1.54) is 0 Å². The van der Waals surface area contributed by atoms with Crippen molar-refractivity contribution in [2.45, 2.75) is 32.6 Å². The highest BCUT2D eigenvalue weighted by Crippen LogP contribution is 2.28. The number of nitrogens with zero attached hydrogens (tertiary/aromatic N) is 2. The van der Waals surface area contributed by atoms with Gasteiger partial charge in [-0.05, 0) is 21.8 Å². The molecule has 0 saturated carbocycles. The Bertz CT molecular complexity index is 405. The molecule has 0 amide bonds. The predicted octanol–water partition coefficient (Wildman–Crippen LogP) is 3.84. The zero-order chi connectivity index (χ0) is 13.7. The van der Waals surface area contributed by atoms with Gasteiger partial charge in [0.25, 0.3) is 6.43 Å². The van der Waals surface area contributed by atoms with Crippen LogP contribution in [0.2, 0.25) is 5.15 Å². The van der Waals surface area contributed by atoms with Crippen LogP contribution in [-0.2, 0) is 11.2 Å². The number of ether oxygens (including phenoxy) is 1. The van der Waals surface area contributed by atoms with Gasteiger partial charge in [0, 0.05) is 6.42 Å². The molecular formula is C11H14BrClF2N2O. The summed E-state index contributed by atoms with van der Waals surface area (Å²) in [5, 5.41) is 0.331. The van der Waals surface area contributed by atoms with Gasteiger partial charge in [-0.25, -0.2) is 18.7 Å². The fourth-order valence-corrected chi connectivity index (χ4v) is 2.14. The van der Waals surface area contributed by atoms with E-state index in [9.17, 15) is 8.78 Å². The van der Waals surface area contributed by atoms with E-state index in [1.807, 2.05) is 13.8 Å². The van der Waals surface area contributed by atoms with Crippen LogP contribution in [0.25, 0.3) is 0 Å². The van der Waals surface area contributed by atoms with E-state index < -0.39 is 13.0 Å². The Morgan fingerprint density at radius 3 is 2.56 bits per heavy atom. The molecule has 0 saturated heterocycles. The first-order valence-corrected chi connectivity index (χ1v) is 6.66. The van der Waals surface area contributed by atoms with Crippen molar-refractivity contribution in [3.05, 3.63) is 21.1 Å². The first-order valence-electron chi connectivity index (χ1n) is 5.49. The van der Waals surface area contributed by atoms with Gasteiger partial charge >= 0.3 is 0 Å². The van der Waals surface area contributed by atoms with Gasteiger partial charge in [-0.3, -0.25) is 0 Å².